The maximum Gasteiger partial charge on any atom is 0.411 e. The average Bonchev–Trinajstić information content (AvgIpc) is 3.02. The number of ether oxygens (including phenoxy) is 4. The minimum Gasteiger partial charge on any atom is -0.464 e. The van der Waals surface area contributed by atoms with E-state index in [-0.39, 0.29) is 30.8 Å². The number of amides is 1. The van der Waals surface area contributed by atoms with Gasteiger partial charge in [-0.05, 0) is 48.0 Å². The van der Waals surface area contributed by atoms with Crippen LogP contribution in [-0.4, -0.2) is 59.2 Å². The number of carbonyl (C=O) groups excluding carboxylic acids is 2. The van der Waals surface area contributed by atoms with Crippen LogP contribution in [0.2, 0.25) is 0 Å². The molecule has 3 aliphatic rings. The molecule has 0 unspecified atom stereocenters. The van der Waals surface area contributed by atoms with Gasteiger partial charge < -0.3 is 18.9 Å². The summed E-state index contributed by atoms with van der Waals surface area (Å²) >= 11 is 0. The van der Waals surface area contributed by atoms with E-state index >= 15 is 0 Å². The molecule has 0 N–H and O–H groups in total. The molecule has 1 amide bonds. The van der Waals surface area contributed by atoms with E-state index in [2.05, 4.69) is 0 Å². The van der Waals surface area contributed by atoms with Gasteiger partial charge in [0, 0.05) is 5.92 Å². The molecule has 0 aromatic rings. The third kappa shape index (κ3) is 2.88. The summed E-state index contributed by atoms with van der Waals surface area (Å²) in [7, 11) is 0. The zero-order valence-corrected chi connectivity index (χ0v) is 15.2. The zero-order chi connectivity index (χ0) is 17.9. The summed E-state index contributed by atoms with van der Waals surface area (Å²) in [5.74, 6) is -1.24. The Labute approximate surface area is 142 Å². The van der Waals surface area contributed by atoms with Crippen LogP contribution in [0.4, 0.5) is 4.79 Å². The molecule has 3 fully saturated rings. The van der Waals surface area contributed by atoms with E-state index in [1.165, 1.54) is 4.90 Å². The molecule has 0 spiro atoms. The molecule has 2 bridgehead atoms. The van der Waals surface area contributed by atoms with Gasteiger partial charge in [0.05, 0.1) is 18.8 Å². The number of esters is 1. The second kappa shape index (κ2) is 5.59. The summed E-state index contributed by atoms with van der Waals surface area (Å²) in [4.78, 5) is 26.7. The maximum atomic E-state index is 12.7. The van der Waals surface area contributed by atoms with Crippen molar-refractivity contribution in [2.75, 3.05) is 6.61 Å². The van der Waals surface area contributed by atoms with Crippen LogP contribution in [0.1, 0.15) is 48.0 Å². The first-order valence-electron chi connectivity index (χ1n) is 8.57. The minimum absolute atomic E-state index is 0.131. The molecule has 1 saturated carbocycles. The Kier molecular flexibility index (Phi) is 4.07. The molecule has 1 aliphatic carbocycles. The molecule has 2 aliphatic heterocycles. The van der Waals surface area contributed by atoms with Crippen LogP contribution in [0, 0.1) is 5.92 Å². The fraction of sp³-hybridized carbons (Fsp3) is 0.882. The maximum absolute atomic E-state index is 12.7. The summed E-state index contributed by atoms with van der Waals surface area (Å²) < 4.78 is 22.7. The van der Waals surface area contributed by atoms with Crippen molar-refractivity contribution in [3.63, 3.8) is 0 Å². The third-order valence-corrected chi connectivity index (χ3v) is 4.67. The highest BCUT2D eigenvalue weighted by atomic mass is 16.8. The first-order valence-corrected chi connectivity index (χ1v) is 8.57. The Bertz CT molecular complexity index is 540. The van der Waals surface area contributed by atoms with Gasteiger partial charge in [0.1, 0.15) is 17.7 Å². The van der Waals surface area contributed by atoms with Crippen molar-refractivity contribution in [2.24, 2.45) is 5.92 Å². The number of rotatable bonds is 2. The van der Waals surface area contributed by atoms with Gasteiger partial charge in [-0.1, -0.05) is 0 Å². The highest BCUT2D eigenvalue weighted by molar-refractivity contribution is 5.83. The van der Waals surface area contributed by atoms with Crippen LogP contribution in [0.25, 0.3) is 0 Å². The van der Waals surface area contributed by atoms with Gasteiger partial charge in [-0.25, -0.2) is 9.59 Å². The summed E-state index contributed by atoms with van der Waals surface area (Å²) in [5.41, 5.74) is -0.635. The Morgan fingerprint density at radius 2 is 1.83 bits per heavy atom. The van der Waals surface area contributed by atoms with Gasteiger partial charge in [0.25, 0.3) is 0 Å². The molecule has 2 saturated heterocycles. The number of hydrogen-bond donors (Lipinski definition) is 0. The number of likely N-dealkylation sites (tertiary alicyclic amines) is 1. The number of fused-ring (bicyclic) bond motifs is 5. The minimum atomic E-state index is -0.713. The second-order valence-corrected chi connectivity index (χ2v) is 8.12. The van der Waals surface area contributed by atoms with Gasteiger partial charge in [0.2, 0.25) is 0 Å². The van der Waals surface area contributed by atoms with Gasteiger partial charge in [0.15, 0.2) is 5.79 Å². The summed E-state index contributed by atoms with van der Waals surface area (Å²) in [5, 5.41) is 0. The van der Waals surface area contributed by atoms with Crippen molar-refractivity contribution in [1.82, 2.24) is 4.90 Å². The molecule has 24 heavy (non-hydrogen) atoms. The molecule has 0 radical (unpaired) electrons. The largest absolute Gasteiger partial charge is 0.464 e. The monoisotopic (exact) mass is 341 g/mol. The number of carbonyl (C=O) groups is 2. The van der Waals surface area contributed by atoms with Gasteiger partial charge >= 0.3 is 12.1 Å². The lowest BCUT2D eigenvalue weighted by atomic mass is 9.95. The number of nitrogens with zero attached hydrogens (tertiary/aromatic N) is 1. The van der Waals surface area contributed by atoms with Crippen molar-refractivity contribution in [2.45, 2.75) is 83.6 Å². The van der Waals surface area contributed by atoms with Gasteiger partial charge in [-0.15, -0.1) is 0 Å². The van der Waals surface area contributed by atoms with Crippen molar-refractivity contribution < 1.29 is 28.5 Å². The lowest BCUT2D eigenvalue weighted by Gasteiger charge is -2.38. The molecule has 2 heterocycles. The molecule has 3 rings (SSSR count). The third-order valence-electron chi connectivity index (χ3n) is 4.67. The summed E-state index contributed by atoms with van der Waals surface area (Å²) in [6.45, 7) is 11.1. The lowest BCUT2D eigenvalue weighted by Crippen LogP contribution is -2.58. The highest BCUT2D eigenvalue weighted by Crippen LogP contribution is 2.51. The van der Waals surface area contributed by atoms with E-state index in [1.54, 1.807) is 27.7 Å². The number of piperidine rings is 1. The quantitative estimate of drug-likeness (QED) is 0.716. The fourth-order valence-corrected chi connectivity index (χ4v) is 4.07. The van der Waals surface area contributed by atoms with E-state index < -0.39 is 29.5 Å². The van der Waals surface area contributed by atoms with E-state index in [0.717, 1.165) is 0 Å². The van der Waals surface area contributed by atoms with Gasteiger partial charge in [-0.3, -0.25) is 4.90 Å². The van der Waals surface area contributed by atoms with Crippen LogP contribution in [0.5, 0.6) is 0 Å². The van der Waals surface area contributed by atoms with Crippen LogP contribution in [0.15, 0.2) is 0 Å². The Balaban J connectivity index is 1.88. The Hall–Kier alpha value is -1.34. The van der Waals surface area contributed by atoms with Crippen molar-refractivity contribution >= 4 is 12.1 Å². The van der Waals surface area contributed by atoms with E-state index in [1.807, 2.05) is 13.8 Å². The molecule has 0 aromatic heterocycles. The van der Waals surface area contributed by atoms with E-state index in [0.29, 0.717) is 6.42 Å². The summed E-state index contributed by atoms with van der Waals surface area (Å²) in [6.07, 6.45) is -0.269. The normalized spacial score (nSPS) is 36.6. The predicted molar refractivity (Wildman–Crippen MR) is 84.2 cm³/mol. The molecular formula is C17H27NO6. The summed E-state index contributed by atoms with van der Waals surface area (Å²) in [6, 6.07) is -0.908. The molecule has 7 nitrogen and oxygen atoms in total. The van der Waals surface area contributed by atoms with Crippen LogP contribution in [-0.2, 0) is 23.7 Å². The van der Waals surface area contributed by atoms with Crippen molar-refractivity contribution in [3.8, 4) is 0 Å². The molecule has 136 valence electrons. The van der Waals surface area contributed by atoms with Crippen molar-refractivity contribution in [1.29, 1.82) is 0 Å². The van der Waals surface area contributed by atoms with Crippen LogP contribution >= 0.6 is 0 Å². The highest BCUT2D eigenvalue weighted by Gasteiger charge is 2.67. The average molecular weight is 341 g/mol. The smallest absolute Gasteiger partial charge is 0.411 e. The predicted octanol–water partition coefficient (Wildman–Crippen LogP) is 2.08. The van der Waals surface area contributed by atoms with Gasteiger partial charge in [-0.2, -0.15) is 0 Å². The standard InChI is InChI=1S/C17H27NO6/c1-7-21-14(19)11-9-8-10(13-12(9)22-17(5,6)23-13)18(11)15(20)24-16(2,3)4/h9-13H,7-8H2,1-6H3/t9-,10+,11+,12+,13-/m1/s1. The van der Waals surface area contributed by atoms with E-state index in [4.69, 9.17) is 18.9 Å². The fourth-order valence-electron chi connectivity index (χ4n) is 4.07. The molecule has 5 atom stereocenters. The lowest BCUT2D eigenvalue weighted by molar-refractivity contribution is -0.158. The first kappa shape index (κ1) is 17.5. The second-order valence-electron chi connectivity index (χ2n) is 8.12. The molecular weight excluding hydrogens is 314 g/mol. The Morgan fingerprint density at radius 1 is 1.21 bits per heavy atom. The topological polar surface area (TPSA) is 74.3 Å². The van der Waals surface area contributed by atoms with Crippen molar-refractivity contribution in [3.05, 3.63) is 0 Å². The molecule has 7 heteroatoms. The SMILES string of the molecule is CCOC(=O)[C@@H]1[C@H]2C[C@@H]([C@H]3OC(C)(C)O[C@@H]23)N1C(=O)OC(C)(C)C. The molecule has 0 aromatic carbocycles. The zero-order valence-electron chi connectivity index (χ0n) is 15.2. The van der Waals surface area contributed by atoms with Crippen LogP contribution < -0.4 is 0 Å². The Morgan fingerprint density at radius 3 is 2.42 bits per heavy atom. The first-order chi connectivity index (χ1) is 11.0. The van der Waals surface area contributed by atoms with E-state index in [9.17, 15) is 9.59 Å². The number of hydrogen-bond acceptors (Lipinski definition) is 6. The van der Waals surface area contributed by atoms with Crippen LogP contribution in [0.3, 0.4) is 0 Å².